The van der Waals surface area contributed by atoms with E-state index in [4.69, 9.17) is 0 Å². The molecule has 2 aliphatic carbocycles. The van der Waals surface area contributed by atoms with Crippen LogP contribution in [0.15, 0.2) is 66.3 Å². The predicted octanol–water partition coefficient (Wildman–Crippen LogP) is 5.61. The monoisotopic (exact) mass is 323 g/mol. The lowest BCUT2D eigenvalue weighted by Gasteiger charge is -2.35. The van der Waals surface area contributed by atoms with Gasteiger partial charge in [0.05, 0.1) is 0 Å². The number of rotatable bonds is 5. The van der Waals surface area contributed by atoms with Crippen molar-refractivity contribution in [2.24, 2.45) is 11.8 Å². The molecule has 1 heteroatoms. The average molecular weight is 324 g/mol. The summed E-state index contributed by atoms with van der Waals surface area (Å²) in [5, 5.41) is 0. The van der Waals surface area contributed by atoms with E-state index in [0.717, 1.165) is 24.9 Å². The third-order valence-electron chi connectivity index (χ3n) is 5.74. The first-order chi connectivity index (χ1) is 11.4. The highest BCUT2D eigenvalue weighted by Crippen LogP contribution is 2.55. The maximum atomic E-state index is 4.27. The number of allylic oxidation sites excluding steroid dienone is 5. The minimum atomic E-state index is -0.00850. The summed E-state index contributed by atoms with van der Waals surface area (Å²) in [5.74, 6) is 1.53. The lowest BCUT2D eigenvalue weighted by Crippen LogP contribution is -2.28. The van der Waals surface area contributed by atoms with Crippen LogP contribution < -0.4 is 0 Å². The molecule has 3 unspecified atom stereocenters. The number of fused-ring (bicyclic) bond motifs is 1. The number of hydrogen-bond donors (Lipinski definition) is 0. The number of hydrogen-bond acceptors (Lipinski definition) is 1. The number of benzene rings is 1. The molecule has 1 fully saturated rings. The summed E-state index contributed by atoms with van der Waals surface area (Å²) in [7, 11) is 2.11. The molecule has 24 heavy (non-hydrogen) atoms. The second kappa shape index (κ2) is 7.98. The standard InChI is InChI=1S/C18H20.C5H13N/c1-13(2)18(3,15-9-5-4-6-10-15)17-11-7-8-14-12-16(14)17;1-4-6(3)5-2/h4-11,14,16H,1,12H2,2-3H3;4-5H2,1-3H3. The molecule has 0 saturated heterocycles. The van der Waals surface area contributed by atoms with Gasteiger partial charge in [0.1, 0.15) is 0 Å². The maximum Gasteiger partial charge on any atom is 0.0343 e. The van der Waals surface area contributed by atoms with Crippen LogP contribution in [0.25, 0.3) is 0 Å². The van der Waals surface area contributed by atoms with Crippen molar-refractivity contribution in [1.82, 2.24) is 4.90 Å². The largest absolute Gasteiger partial charge is 0.307 e. The zero-order valence-corrected chi connectivity index (χ0v) is 16.0. The molecule has 0 heterocycles. The van der Waals surface area contributed by atoms with Crippen LogP contribution in [-0.2, 0) is 5.41 Å². The minimum Gasteiger partial charge on any atom is -0.307 e. The summed E-state index contributed by atoms with van der Waals surface area (Å²) in [6, 6.07) is 10.8. The summed E-state index contributed by atoms with van der Waals surface area (Å²) in [6.45, 7) is 15.4. The maximum absolute atomic E-state index is 4.27. The van der Waals surface area contributed by atoms with Gasteiger partial charge in [0.2, 0.25) is 0 Å². The van der Waals surface area contributed by atoms with Gasteiger partial charge in [0, 0.05) is 5.41 Å². The lowest BCUT2D eigenvalue weighted by molar-refractivity contribution is 0.373. The smallest absolute Gasteiger partial charge is 0.0343 e. The molecule has 0 bridgehead atoms. The predicted molar refractivity (Wildman–Crippen MR) is 106 cm³/mol. The van der Waals surface area contributed by atoms with Gasteiger partial charge < -0.3 is 4.90 Å². The van der Waals surface area contributed by atoms with Crippen LogP contribution in [0.5, 0.6) is 0 Å². The first-order valence-corrected chi connectivity index (χ1v) is 9.24. The molecule has 0 aromatic heterocycles. The molecule has 0 N–H and O–H groups in total. The molecule has 0 aliphatic heterocycles. The fraction of sp³-hybridized carbons (Fsp3) is 0.478. The van der Waals surface area contributed by atoms with E-state index < -0.39 is 0 Å². The zero-order valence-electron chi connectivity index (χ0n) is 16.0. The van der Waals surface area contributed by atoms with Crippen molar-refractivity contribution in [2.75, 3.05) is 20.1 Å². The van der Waals surface area contributed by atoms with Crippen LogP contribution in [0.1, 0.15) is 39.7 Å². The van der Waals surface area contributed by atoms with Gasteiger partial charge in [-0.25, -0.2) is 0 Å². The summed E-state index contributed by atoms with van der Waals surface area (Å²) in [4.78, 5) is 2.25. The lowest BCUT2D eigenvalue weighted by atomic mass is 9.68. The van der Waals surface area contributed by atoms with Gasteiger partial charge in [-0.15, -0.1) is 0 Å². The quantitative estimate of drug-likeness (QED) is 0.637. The zero-order chi connectivity index (χ0) is 17.7. The molecule has 3 rings (SSSR count). The summed E-state index contributed by atoms with van der Waals surface area (Å²) >= 11 is 0. The normalized spacial score (nSPS) is 23.5. The molecule has 1 aromatic rings. The highest BCUT2D eigenvalue weighted by molar-refractivity contribution is 5.49. The van der Waals surface area contributed by atoms with Crippen molar-refractivity contribution >= 4 is 0 Å². The van der Waals surface area contributed by atoms with Gasteiger partial charge in [-0.1, -0.05) is 80.1 Å². The molecule has 130 valence electrons. The molecule has 0 spiro atoms. The molecular weight excluding hydrogens is 290 g/mol. The van der Waals surface area contributed by atoms with Crippen LogP contribution in [0.4, 0.5) is 0 Å². The van der Waals surface area contributed by atoms with Crippen LogP contribution in [-0.4, -0.2) is 25.0 Å². The molecular formula is C23H33N. The molecule has 2 aliphatic rings. The molecule has 1 saturated carbocycles. The summed E-state index contributed by atoms with van der Waals surface area (Å²) < 4.78 is 0. The van der Waals surface area contributed by atoms with Crippen molar-refractivity contribution in [3.8, 4) is 0 Å². The van der Waals surface area contributed by atoms with Crippen molar-refractivity contribution in [3.05, 3.63) is 71.8 Å². The minimum absolute atomic E-state index is 0.00850. The Bertz CT molecular complexity index is 606. The Hall–Kier alpha value is -1.60. The van der Waals surface area contributed by atoms with Gasteiger partial charge in [0.25, 0.3) is 0 Å². The van der Waals surface area contributed by atoms with Crippen LogP contribution in [0, 0.1) is 11.8 Å². The summed E-state index contributed by atoms with van der Waals surface area (Å²) in [6.07, 6.45) is 8.21. The van der Waals surface area contributed by atoms with E-state index in [2.05, 4.69) is 94.8 Å². The Morgan fingerprint density at radius 1 is 1.21 bits per heavy atom. The molecule has 3 atom stereocenters. The molecule has 1 nitrogen and oxygen atoms in total. The van der Waals surface area contributed by atoms with E-state index in [1.54, 1.807) is 5.57 Å². The fourth-order valence-electron chi connectivity index (χ4n) is 3.40. The molecule has 0 amide bonds. The highest BCUT2D eigenvalue weighted by Gasteiger charge is 2.46. The van der Waals surface area contributed by atoms with E-state index in [1.165, 1.54) is 17.6 Å². The van der Waals surface area contributed by atoms with Crippen molar-refractivity contribution in [2.45, 2.75) is 39.5 Å². The fourth-order valence-corrected chi connectivity index (χ4v) is 3.40. The average Bonchev–Trinajstić information content (AvgIpc) is 3.41. The summed E-state index contributed by atoms with van der Waals surface area (Å²) in [5.41, 5.74) is 4.14. The Balaban J connectivity index is 0.000000301. The highest BCUT2D eigenvalue weighted by atomic mass is 15.1. The van der Waals surface area contributed by atoms with E-state index in [1.807, 2.05) is 0 Å². The first-order valence-electron chi connectivity index (χ1n) is 9.24. The van der Waals surface area contributed by atoms with Gasteiger partial charge in [-0.2, -0.15) is 0 Å². The van der Waals surface area contributed by atoms with Crippen LogP contribution in [0.3, 0.4) is 0 Å². The van der Waals surface area contributed by atoms with Gasteiger partial charge in [-0.05, 0) is 57.8 Å². The SMILES string of the molecule is C=C(C)C(C)(C1=CC=CC2CC12)c1ccccc1.CCN(C)CC. The van der Waals surface area contributed by atoms with Gasteiger partial charge in [0.15, 0.2) is 0 Å². The Kier molecular flexibility index (Phi) is 6.23. The van der Waals surface area contributed by atoms with E-state index in [0.29, 0.717) is 0 Å². The van der Waals surface area contributed by atoms with Crippen LogP contribution >= 0.6 is 0 Å². The molecule has 0 radical (unpaired) electrons. The van der Waals surface area contributed by atoms with E-state index in [9.17, 15) is 0 Å². The first kappa shape index (κ1) is 18.7. The second-order valence-electron chi connectivity index (χ2n) is 7.27. The van der Waals surface area contributed by atoms with Crippen molar-refractivity contribution in [1.29, 1.82) is 0 Å². The van der Waals surface area contributed by atoms with Crippen molar-refractivity contribution < 1.29 is 0 Å². The Labute approximate surface area is 148 Å². The van der Waals surface area contributed by atoms with Crippen molar-refractivity contribution in [3.63, 3.8) is 0 Å². The Morgan fingerprint density at radius 2 is 1.83 bits per heavy atom. The third-order valence-corrected chi connectivity index (χ3v) is 5.74. The number of nitrogens with zero attached hydrogens (tertiary/aromatic N) is 1. The van der Waals surface area contributed by atoms with Crippen LogP contribution in [0.2, 0.25) is 0 Å². The topological polar surface area (TPSA) is 3.24 Å². The molecule has 1 aromatic carbocycles. The third kappa shape index (κ3) is 3.89. The van der Waals surface area contributed by atoms with E-state index >= 15 is 0 Å². The van der Waals surface area contributed by atoms with E-state index in [-0.39, 0.29) is 5.41 Å². The Morgan fingerprint density at radius 3 is 2.33 bits per heavy atom. The second-order valence-corrected chi connectivity index (χ2v) is 7.27. The van der Waals surface area contributed by atoms with Gasteiger partial charge in [-0.3, -0.25) is 0 Å². The van der Waals surface area contributed by atoms with Gasteiger partial charge >= 0.3 is 0 Å².